The highest BCUT2D eigenvalue weighted by Crippen LogP contribution is 2.16. The van der Waals surface area contributed by atoms with Gasteiger partial charge in [0.15, 0.2) is 0 Å². The average Bonchev–Trinajstić information content (AvgIpc) is 2.59. The Morgan fingerprint density at radius 1 is 1.28 bits per heavy atom. The molecule has 1 heterocycles. The monoisotopic (exact) mass is 348 g/mol. The molecule has 0 atom stereocenters. The second-order valence-corrected chi connectivity index (χ2v) is 5.47. The maximum Gasteiger partial charge on any atom is 0.267 e. The number of rotatable bonds is 6. The summed E-state index contributed by atoms with van der Waals surface area (Å²) < 4.78 is 0. The lowest BCUT2D eigenvalue weighted by Gasteiger charge is -2.13. The first-order chi connectivity index (χ1) is 11.8. The Morgan fingerprint density at radius 3 is 2.36 bits per heavy atom. The number of nitrogens with two attached hydrogens (primary N) is 2. The molecule has 25 heavy (non-hydrogen) atoms. The fraction of sp³-hybridized carbons (Fsp3) is 0.500. The van der Waals surface area contributed by atoms with E-state index in [4.69, 9.17) is 11.5 Å². The van der Waals surface area contributed by atoms with Crippen molar-refractivity contribution >= 4 is 11.7 Å². The van der Waals surface area contributed by atoms with Crippen LogP contribution in [0.15, 0.2) is 29.2 Å². The Labute approximate surface area is 151 Å². The Kier molecular flexibility index (Phi) is 9.93. The number of carbonyl (C=O) groups excluding carboxylic acids is 1. The van der Waals surface area contributed by atoms with Crippen LogP contribution in [0.25, 0.3) is 0 Å². The lowest BCUT2D eigenvalue weighted by molar-refractivity contribution is -0.117. The number of carbonyl (C=O) groups is 1. The van der Waals surface area contributed by atoms with Crippen LogP contribution in [0.5, 0.6) is 0 Å². The van der Waals surface area contributed by atoms with Crippen LogP contribution in [-0.4, -0.2) is 22.9 Å². The fourth-order valence-electron chi connectivity index (χ4n) is 2.05. The number of hydrogen-bond acceptors (Lipinski definition) is 6. The smallest absolute Gasteiger partial charge is 0.267 e. The van der Waals surface area contributed by atoms with Crippen molar-refractivity contribution in [2.45, 2.75) is 48.0 Å². The predicted molar refractivity (Wildman–Crippen MR) is 104 cm³/mol. The SMILES string of the molecule is CC.CCc1cc(N/C(N)=C/C(=C(\N)C(=O)NC)C(C)C)nc(C)n1. The fourth-order valence-corrected chi connectivity index (χ4v) is 2.05. The van der Waals surface area contributed by atoms with Crippen LogP contribution < -0.4 is 22.1 Å². The minimum absolute atomic E-state index is 0.0472. The molecule has 0 aromatic carbocycles. The van der Waals surface area contributed by atoms with Crippen molar-refractivity contribution in [2.24, 2.45) is 17.4 Å². The van der Waals surface area contributed by atoms with Crippen LogP contribution in [0.1, 0.15) is 46.1 Å². The zero-order valence-electron chi connectivity index (χ0n) is 16.4. The van der Waals surface area contributed by atoms with E-state index >= 15 is 0 Å². The van der Waals surface area contributed by atoms with Crippen molar-refractivity contribution in [1.82, 2.24) is 15.3 Å². The molecule has 0 saturated carbocycles. The number of anilines is 1. The number of allylic oxidation sites excluding steroid dienone is 2. The van der Waals surface area contributed by atoms with Crippen molar-refractivity contribution in [3.63, 3.8) is 0 Å². The minimum Gasteiger partial charge on any atom is -0.394 e. The molecule has 0 saturated heterocycles. The van der Waals surface area contributed by atoms with E-state index in [2.05, 4.69) is 20.6 Å². The van der Waals surface area contributed by atoms with Crippen LogP contribution >= 0.6 is 0 Å². The zero-order valence-corrected chi connectivity index (χ0v) is 16.4. The molecule has 1 aromatic rings. The Balaban J connectivity index is 0.00000277. The number of likely N-dealkylation sites (N-methyl/N-ethyl adjacent to an activating group) is 1. The van der Waals surface area contributed by atoms with Gasteiger partial charge in [-0.05, 0) is 30.9 Å². The van der Waals surface area contributed by atoms with Gasteiger partial charge in [-0.2, -0.15) is 0 Å². The van der Waals surface area contributed by atoms with Crippen molar-refractivity contribution in [2.75, 3.05) is 12.4 Å². The Hall–Kier alpha value is -2.57. The first kappa shape index (κ1) is 22.4. The number of amides is 1. The summed E-state index contributed by atoms with van der Waals surface area (Å²) in [7, 11) is 1.54. The van der Waals surface area contributed by atoms with E-state index < -0.39 is 0 Å². The second-order valence-electron chi connectivity index (χ2n) is 5.47. The van der Waals surface area contributed by atoms with E-state index in [-0.39, 0.29) is 17.5 Å². The maximum absolute atomic E-state index is 11.7. The van der Waals surface area contributed by atoms with Crippen LogP contribution in [0.3, 0.4) is 0 Å². The topological polar surface area (TPSA) is 119 Å². The molecule has 140 valence electrons. The first-order valence-corrected chi connectivity index (χ1v) is 8.58. The molecule has 0 unspecified atom stereocenters. The molecule has 6 N–H and O–H groups in total. The number of aromatic nitrogens is 2. The van der Waals surface area contributed by atoms with E-state index in [1.807, 2.05) is 47.6 Å². The molecule has 0 spiro atoms. The quantitative estimate of drug-likeness (QED) is 0.462. The Bertz CT molecular complexity index is 634. The molecular weight excluding hydrogens is 316 g/mol. The van der Waals surface area contributed by atoms with Crippen molar-refractivity contribution < 1.29 is 4.79 Å². The van der Waals surface area contributed by atoms with Gasteiger partial charge in [-0.1, -0.05) is 34.6 Å². The van der Waals surface area contributed by atoms with E-state index in [0.717, 1.165) is 12.1 Å². The normalized spacial score (nSPS) is 12.1. The number of nitrogens with one attached hydrogen (secondary N) is 2. The lowest BCUT2D eigenvalue weighted by Crippen LogP contribution is -2.27. The highest BCUT2D eigenvalue weighted by Gasteiger charge is 2.13. The van der Waals surface area contributed by atoms with E-state index in [1.54, 1.807) is 6.08 Å². The molecule has 7 nitrogen and oxygen atoms in total. The van der Waals surface area contributed by atoms with Crippen LogP contribution in [0.2, 0.25) is 0 Å². The highest BCUT2D eigenvalue weighted by molar-refractivity contribution is 5.93. The van der Waals surface area contributed by atoms with Gasteiger partial charge in [0.05, 0.1) is 0 Å². The molecule has 0 fully saturated rings. The molecule has 0 aliphatic carbocycles. The summed E-state index contributed by atoms with van der Waals surface area (Å²) in [5.74, 6) is 1.37. The van der Waals surface area contributed by atoms with Crippen molar-refractivity contribution in [3.8, 4) is 0 Å². The van der Waals surface area contributed by atoms with Gasteiger partial charge < -0.3 is 22.1 Å². The van der Waals surface area contributed by atoms with Gasteiger partial charge in [0.25, 0.3) is 5.91 Å². The summed E-state index contributed by atoms with van der Waals surface area (Å²) in [6.45, 7) is 11.7. The molecule has 7 heteroatoms. The summed E-state index contributed by atoms with van der Waals surface area (Å²) in [5.41, 5.74) is 13.7. The van der Waals surface area contributed by atoms with Gasteiger partial charge in [-0.15, -0.1) is 0 Å². The summed E-state index contributed by atoms with van der Waals surface area (Å²) in [5, 5.41) is 5.53. The molecular formula is C18H32N6O. The largest absolute Gasteiger partial charge is 0.394 e. The van der Waals surface area contributed by atoms with Gasteiger partial charge >= 0.3 is 0 Å². The van der Waals surface area contributed by atoms with Crippen molar-refractivity contribution in [1.29, 1.82) is 0 Å². The number of aryl methyl sites for hydroxylation is 2. The third kappa shape index (κ3) is 7.24. The molecule has 0 radical (unpaired) electrons. The highest BCUT2D eigenvalue weighted by atomic mass is 16.1. The average molecular weight is 348 g/mol. The van der Waals surface area contributed by atoms with Crippen LogP contribution in [0.4, 0.5) is 5.82 Å². The number of nitrogens with zero attached hydrogens (tertiary/aromatic N) is 2. The summed E-state index contributed by atoms with van der Waals surface area (Å²) in [6.07, 6.45) is 2.47. The minimum atomic E-state index is -0.330. The molecule has 1 aromatic heterocycles. The van der Waals surface area contributed by atoms with E-state index in [1.165, 1.54) is 7.05 Å². The summed E-state index contributed by atoms with van der Waals surface area (Å²) in [4.78, 5) is 20.3. The zero-order chi connectivity index (χ0) is 19.6. The summed E-state index contributed by atoms with van der Waals surface area (Å²) >= 11 is 0. The number of hydrogen-bond donors (Lipinski definition) is 4. The molecule has 0 bridgehead atoms. The molecule has 0 aliphatic heterocycles. The van der Waals surface area contributed by atoms with Gasteiger partial charge in [0.1, 0.15) is 23.2 Å². The Morgan fingerprint density at radius 2 is 1.88 bits per heavy atom. The molecule has 1 rings (SSSR count). The van der Waals surface area contributed by atoms with E-state index in [9.17, 15) is 4.79 Å². The summed E-state index contributed by atoms with van der Waals surface area (Å²) in [6, 6.07) is 1.84. The van der Waals surface area contributed by atoms with Gasteiger partial charge in [0, 0.05) is 18.8 Å². The third-order valence-corrected chi connectivity index (χ3v) is 3.24. The van der Waals surface area contributed by atoms with E-state index in [0.29, 0.717) is 23.0 Å². The molecule has 0 aliphatic rings. The second kappa shape index (κ2) is 11.1. The first-order valence-electron chi connectivity index (χ1n) is 8.58. The molecule has 1 amide bonds. The van der Waals surface area contributed by atoms with Gasteiger partial charge in [0.2, 0.25) is 0 Å². The lowest BCUT2D eigenvalue weighted by atomic mass is 10.00. The predicted octanol–water partition coefficient (Wildman–Crippen LogP) is 2.20. The third-order valence-electron chi connectivity index (χ3n) is 3.24. The van der Waals surface area contributed by atoms with Gasteiger partial charge in [-0.3, -0.25) is 4.79 Å². The van der Waals surface area contributed by atoms with Crippen molar-refractivity contribution in [3.05, 3.63) is 40.8 Å². The van der Waals surface area contributed by atoms with Gasteiger partial charge in [-0.25, -0.2) is 9.97 Å². The standard InChI is InChI=1S/C16H26N6O.C2H6/c1-6-11-7-14(21-10(4)20-11)22-13(17)8-12(9(2)3)15(18)16(23)19-5;1-2/h7-9H,6,17-18H2,1-5H3,(H,19,23)(H,20,21,22);1-2H3/b13-8+,15-12+;. The maximum atomic E-state index is 11.7. The van der Waals surface area contributed by atoms with Crippen LogP contribution in [0, 0.1) is 12.8 Å². The van der Waals surface area contributed by atoms with Crippen LogP contribution in [-0.2, 0) is 11.2 Å².